The van der Waals surface area contributed by atoms with Gasteiger partial charge < -0.3 is 45.0 Å². The Labute approximate surface area is 326 Å². The summed E-state index contributed by atoms with van der Waals surface area (Å²) in [6.07, 6.45) is 6.79. The molecule has 6 rings (SSSR count). The molecule has 0 saturated heterocycles. The molecule has 4 amide bonds. The first kappa shape index (κ1) is 41.9. The zero-order chi connectivity index (χ0) is 40.4. The van der Waals surface area contributed by atoms with Gasteiger partial charge in [0.05, 0.1) is 37.2 Å². The molecule has 3 saturated carbocycles. The number of aliphatic hydroxyl groups excluding tert-OH is 3. The molecule has 1 aliphatic heterocycles. The van der Waals surface area contributed by atoms with E-state index in [0.717, 1.165) is 61.1 Å². The number of carbonyl (C=O) groups excluding carboxylic acids is 4. The molecule has 3 unspecified atom stereocenters. The van der Waals surface area contributed by atoms with Gasteiger partial charge in [-0.25, -0.2) is 4.79 Å². The number of aliphatic hydroxyl groups is 4. The number of imide groups is 1. The van der Waals surface area contributed by atoms with E-state index in [1.807, 2.05) is 6.07 Å². The molecule has 1 aromatic heterocycles. The summed E-state index contributed by atoms with van der Waals surface area (Å²) < 4.78 is 16.5. The van der Waals surface area contributed by atoms with Crippen LogP contribution in [0, 0.1) is 22.7 Å². The predicted octanol–water partition coefficient (Wildman–Crippen LogP) is 1.57. The van der Waals surface area contributed by atoms with Crippen LogP contribution in [0.1, 0.15) is 96.5 Å². The van der Waals surface area contributed by atoms with Gasteiger partial charge in [0.25, 0.3) is 11.8 Å². The first-order valence-electron chi connectivity index (χ1n) is 20.0. The Morgan fingerprint density at radius 3 is 2.39 bits per heavy atom. The average Bonchev–Trinajstić information content (AvgIpc) is 3.64. The Morgan fingerprint density at radius 2 is 1.68 bits per heavy atom. The molecule has 6 N–H and O–H groups in total. The van der Waals surface area contributed by atoms with Crippen molar-refractivity contribution < 1.29 is 53.5 Å². The SMILES string of the molecule is C[C@H](NC(=O)CCOCCNC(=O)CCN1C(=O)C=CC1=O)C(O)[C@H](O)[C@H](O)O[C@@H]1C=C2CCC3C(CC[C@]4(C)[C@@H](c5ccc(=O)oc5)CC[C@]34O)[C@@]2(C)CC1. The first-order valence-corrected chi connectivity index (χ1v) is 20.0. The van der Waals surface area contributed by atoms with Crippen LogP contribution >= 0.6 is 0 Å². The molecule has 0 bridgehead atoms. The molecule has 2 heterocycles. The number of ether oxygens (including phenoxy) is 2. The summed E-state index contributed by atoms with van der Waals surface area (Å²) in [7, 11) is 0. The number of hydrogen-bond acceptors (Lipinski definition) is 12. The minimum atomic E-state index is -1.70. The van der Waals surface area contributed by atoms with Crippen LogP contribution in [-0.2, 0) is 28.7 Å². The van der Waals surface area contributed by atoms with Crippen molar-refractivity contribution >= 4 is 23.6 Å². The summed E-state index contributed by atoms with van der Waals surface area (Å²) in [6, 6.07) is 2.38. The molecule has 0 radical (unpaired) electrons. The van der Waals surface area contributed by atoms with E-state index in [1.165, 1.54) is 18.6 Å². The van der Waals surface area contributed by atoms with Crippen LogP contribution in [0.3, 0.4) is 0 Å². The first-order chi connectivity index (χ1) is 26.6. The highest BCUT2D eigenvalue weighted by molar-refractivity contribution is 6.13. The summed E-state index contributed by atoms with van der Waals surface area (Å²) in [6.45, 7) is 6.30. The van der Waals surface area contributed by atoms with Crippen molar-refractivity contribution in [1.82, 2.24) is 15.5 Å². The van der Waals surface area contributed by atoms with E-state index in [0.29, 0.717) is 12.8 Å². The number of allylic oxidation sites excluding steroid dienone is 1. The Bertz CT molecular complexity index is 1720. The number of nitrogens with zero attached hydrogens (tertiary/aromatic N) is 1. The van der Waals surface area contributed by atoms with Crippen molar-refractivity contribution in [2.24, 2.45) is 22.7 Å². The number of carbonyl (C=O) groups is 4. The maximum absolute atomic E-state index is 12.5. The van der Waals surface area contributed by atoms with E-state index >= 15 is 0 Å². The lowest BCUT2D eigenvalue weighted by Crippen LogP contribution is -2.60. The molecule has 0 spiro atoms. The van der Waals surface area contributed by atoms with Crippen LogP contribution in [0.5, 0.6) is 0 Å². The van der Waals surface area contributed by atoms with Crippen LogP contribution < -0.4 is 16.3 Å². The monoisotopic (exact) mass is 783 g/mol. The second kappa shape index (κ2) is 17.0. The average molecular weight is 784 g/mol. The lowest BCUT2D eigenvalue weighted by atomic mass is 9.45. The number of rotatable bonds is 16. The minimum absolute atomic E-state index is 0.0204. The summed E-state index contributed by atoms with van der Waals surface area (Å²) in [5.74, 6) is -1.20. The van der Waals surface area contributed by atoms with Crippen LogP contribution in [0.2, 0.25) is 0 Å². The number of fused-ring (bicyclic) bond motifs is 5. The lowest BCUT2D eigenvalue weighted by molar-refractivity contribution is -0.210. The van der Waals surface area contributed by atoms with Gasteiger partial charge in [-0.1, -0.05) is 25.5 Å². The standard InChI is InChI=1S/C41H57N3O12/c1-24(43-32(46)14-20-54-21-18-42-31(45)13-19-44-33(47)7-8-34(44)48)36(50)37(51)38(52)56-27-10-15-39(2)26(22-27)5-6-30-29(39)11-16-40(3)28(12-17-41(30,40)53)25-4-9-35(49)55-23-25/h4,7-9,22-24,27-30,36-38,50-53H,5-6,10-21H2,1-3H3,(H,42,45)(H,43,46)/t24-,27-,28+,29?,30?,36?,37-,38+,39-,40+,41-/m0/s1. The van der Waals surface area contributed by atoms with Gasteiger partial charge in [0.1, 0.15) is 12.2 Å². The molecule has 308 valence electrons. The van der Waals surface area contributed by atoms with E-state index < -0.39 is 54.0 Å². The summed E-state index contributed by atoms with van der Waals surface area (Å²) >= 11 is 0. The van der Waals surface area contributed by atoms with Crippen molar-refractivity contribution in [3.05, 3.63) is 58.2 Å². The summed E-state index contributed by atoms with van der Waals surface area (Å²) in [5.41, 5.74) is 0.509. The Hall–Kier alpha value is -3.73. The fourth-order valence-corrected chi connectivity index (χ4v) is 10.5. The normalized spacial score (nSPS) is 33.1. The van der Waals surface area contributed by atoms with E-state index in [1.54, 1.807) is 6.26 Å². The molecule has 56 heavy (non-hydrogen) atoms. The largest absolute Gasteiger partial charge is 0.431 e. The second-order valence-corrected chi connectivity index (χ2v) is 16.8. The topological polar surface area (TPSA) is 225 Å². The number of hydrogen-bond donors (Lipinski definition) is 6. The second-order valence-electron chi connectivity index (χ2n) is 16.8. The van der Waals surface area contributed by atoms with Gasteiger partial charge >= 0.3 is 5.63 Å². The third-order valence-electron chi connectivity index (χ3n) is 13.7. The Balaban J connectivity index is 0.920. The maximum atomic E-state index is 12.5. The Kier molecular flexibility index (Phi) is 12.7. The summed E-state index contributed by atoms with van der Waals surface area (Å²) in [4.78, 5) is 60.2. The van der Waals surface area contributed by atoms with Gasteiger partial charge in [0.2, 0.25) is 11.8 Å². The molecule has 15 nitrogen and oxygen atoms in total. The van der Waals surface area contributed by atoms with Crippen molar-refractivity contribution in [1.29, 1.82) is 0 Å². The Morgan fingerprint density at radius 1 is 0.929 bits per heavy atom. The van der Waals surface area contributed by atoms with E-state index in [9.17, 15) is 44.4 Å². The van der Waals surface area contributed by atoms with E-state index in [-0.39, 0.29) is 79.3 Å². The van der Waals surface area contributed by atoms with Crippen LogP contribution in [-0.4, -0.2) is 112 Å². The molecule has 1 aromatic rings. The molecule has 0 aromatic carbocycles. The third kappa shape index (κ3) is 8.30. The van der Waals surface area contributed by atoms with Gasteiger partial charge in [-0.2, -0.15) is 0 Å². The highest BCUT2D eigenvalue weighted by Crippen LogP contribution is 2.70. The van der Waals surface area contributed by atoms with Crippen LogP contribution in [0.25, 0.3) is 0 Å². The third-order valence-corrected chi connectivity index (χ3v) is 13.7. The van der Waals surface area contributed by atoms with Gasteiger partial charge in [-0.15, -0.1) is 0 Å². The van der Waals surface area contributed by atoms with E-state index in [4.69, 9.17) is 13.9 Å². The predicted molar refractivity (Wildman–Crippen MR) is 200 cm³/mol. The minimum Gasteiger partial charge on any atom is -0.431 e. The van der Waals surface area contributed by atoms with E-state index in [2.05, 4.69) is 30.6 Å². The summed E-state index contributed by atoms with van der Waals surface area (Å²) in [5, 5.41) is 50.1. The zero-order valence-corrected chi connectivity index (χ0v) is 32.5. The molecule has 4 aliphatic carbocycles. The fraction of sp³-hybridized carbons (Fsp3) is 0.683. The van der Waals surface area contributed by atoms with Crippen molar-refractivity contribution in [2.45, 2.75) is 127 Å². The van der Waals surface area contributed by atoms with Crippen LogP contribution in [0.4, 0.5) is 0 Å². The van der Waals surface area contributed by atoms with Crippen LogP contribution in [0.15, 0.2) is 51.4 Å². The van der Waals surface area contributed by atoms with Gasteiger partial charge in [0, 0.05) is 49.6 Å². The molecule has 3 fully saturated rings. The fourth-order valence-electron chi connectivity index (χ4n) is 10.5. The number of amides is 4. The van der Waals surface area contributed by atoms with Crippen molar-refractivity contribution in [3.63, 3.8) is 0 Å². The molecule has 11 atom stereocenters. The van der Waals surface area contributed by atoms with Crippen molar-refractivity contribution in [2.75, 3.05) is 26.3 Å². The smallest absolute Gasteiger partial charge is 0.335 e. The number of nitrogens with one attached hydrogen (secondary N) is 2. The van der Waals surface area contributed by atoms with Gasteiger partial charge in [-0.3, -0.25) is 24.1 Å². The van der Waals surface area contributed by atoms with Crippen molar-refractivity contribution in [3.8, 4) is 0 Å². The molecular formula is C41H57N3O12. The van der Waals surface area contributed by atoms with Gasteiger partial charge in [-0.05, 0) is 93.1 Å². The van der Waals surface area contributed by atoms with Gasteiger partial charge in [0.15, 0.2) is 6.29 Å². The zero-order valence-electron chi connectivity index (χ0n) is 32.5. The molecule has 5 aliphatic rings. The highest BCUT2D eigenvalue weighted by Gasteiger charge is 2.66. The molecule has 15 heteroatoms. The quantitative estimate of drug-likeness (QED) is 0.0609. The lowest BCUT2D eigenvalue weighted by Gasteiger charge is -2.62. The highest BCUT2D eigenvalue weighted by atomic mass is 16.6. The molecular weight excluding hydrogens is 726 g/mol. The maximum Gasteiger partial charge on any atom is 0.335 e.